The van der Waals surface area contributed by atoms with Crippen LogP contribution in [0.5, 0.6) is 0 Å². The Bertz CT molecular complexity index is 610. The summed E-state index contributed by atoms with van der Waals surface area (Å²) in [5.74, 6) is -0.276. The summed E-state index contributed by atoms with van der Waals surface area (Å²) in [7, 11) is 0. The molecule has 2 aromatic rings. The van der Waals surface area contributed by atoms with Crippen molar-refractivity contribution in [1.29, 1.82) is 0 Å². The number of hydrogen-bond donors (Lipinski definition) is 4. The number of amides is 2. The van der Waals surface area contributed by atoms with Crippen molar-refractivity contribution in [3.8, 4) is 0 Å². The number of urea groups is 1. The van der Waals surface area contributed by atoms with Crippen molar-refractivity contribution in [2.24, 2.45) is 0 Å². The fourth-order valence-electron chi connectivity index (χ4n) is 1.62. The largest absolute Gasteiger partial charge is 0.476 e. The number of aromatic carboxylic acids is 1. The van der Waals surface area contributed by atoms with Gasteiger partial charge in [0.1, 0.15) is 10.8 Å². The highest BCUT2D eigenvalue weighted by Gasteiger charge is 2.15. The summed E-state index contributed by atoms with van der Waals surface area (Å²) in [5.41, 5.74) is -0.0122. The number of nitrogens with zero attached hydrogens (tertiary/aromatic N) is 2. The summed E-state index contributed by atoms with van der Waals surface area (Å²) in [4.78, 5) is 33.4. The number of carbonyl (C=O) groups is 2. The first-order valence-corrected chi connectivity index (χ1v) is 7.15. The minimum atomic E-state index is -1.08. The summed E-state index contributed by atoms with van der Waals surface area (Å²) in [5, 5.41) is 16.2. The number of thiazole rings is 1. The lowest BCUT2D eigenvalue weighted by Crippen LogP contribution is -2.38. The van der Waals surface area contributed by atoms with E-state index in [1.54, 1.807) is 19.3 Å². The molecular weight excluding hydrogens is 294 g/mol. The van der Waals surface area contributed by atoms with Crippen molar-refractivity contribution >= 4 is 23.3 Å². The van der Waals surface area contributed by atoms with Gasteiger partial charge in [0, 0.05) is 30.7 Å². The molecule has 2 rings (SSSR count). The maximum absolute atomic E-state index is 11.7. The van der Waals surface area contributed by atoms with Gasteiger partial charge >= 0.3 is 12.0 Å². The molecular formula is C12H15N5O3S. The Morgan fingerprint density at radius 2 is 2.33 bits per heavy atom. The van der Waals surface area contributed by atoms with Crippen LogP contribution in [0.2, 0.25) is 0 Å². The molecule has 0 radical (unpaired) electrons. The topological polar surface area (TPSA) is 120 Å². The average molecular weight is 309 g/mol. The fraction of sp³-hybridized carbons (Fsp3) is 0.333. The Hall–Kier alpha value is -2.42. The van der Waals surface area contributed by atoms with Crippen LogP contribution in [-0.4, -0.2) is 38.6 Å². The summed E-state index contributed by atoms with van der Waals surface area (Å²) in [6.45, 7) is 2.20. The second-order valence-corrected chi connectivity index (χ2v) is 5.17. The number of carbonyl (C=O) groups excluding carboxylic acids is 1. The molecule has 0 aliphatic heterocycles. The van der Waals surface area contributed by atoms with E-state index in [0.717, 1.165) is 5.82 Å². The van der Waals surface area contributed by atoms with Crippen LogP contribution in [0.25, 0.3) is 0 Å². The van der Waals surface area contributed by atoms with Gasteiger partial charge in [0.2, 0.25) is 0 Å². The number of aromatic amines is 1. The lowest BCUT2D eigenvalue weighted by Gasteiger charge is -2.12. The second-order valence-electron chi connectivity index (χ2n) is 4.28. The molecule has 0 fully saturated rings. The molecule has 0 spiro atoms. The summed E-state index contributed by atoms with van der Waals surface area (Å²) in [6, 6.07) is -0.687. The quantitative estimate of drug-likeness (QED) is 0.638. The van der Waals surface area contributed by atoms with Gasteiger partial charge in [-0.3, -0.25) is 0 Å². The molecule has 0 aliphatic carbocycles. The first-order valence-electron chi connectivity index (χ1n) is 6.27. The van der Waals surface area contributed by atoms with Gasteiger partial charge < -0.3 is 20.7 Å². The highest BCUT2D eigenvalue weighted by molar-refractivity contribution is 7.09. The van der Waals surface area contributed by atoms with Gasteiger partial charge in [0.25, 0.3) is 0 Å². The molecule has 4 N–H and O–H groups in total. The Morgan fingerprint density at radius 1 is 1.52 bits per heavy atom. The predicted octanol–water partition coefficient (Wildman–Crippen LogP) is 1.17. The van der Waals surface area contributed by atoms with Crippen LogP contribution < -0.4 is 10.6 Å². The third kappa shape index (κ3) is 4.28. The van der Waals surface area contributed by atoms with Gasteiger partial charge in [-0.15, -0.1) is 11.3 Å². The van der Waals surface area contributed by atoms with Crippen molar-refractivity contribution < 1.29 is 14.7 Å². The molecule has 2 amide bonds. The third-order valence-corrected chi connectivity index (χ3v) is 3.69. The zero-order valence-corrected chi connectivity index (χ0v) is 12.1. The van der Waals surface area contributed by atoms with Crippen LogP contribution >= 0.6 is 11.3 Å². The molecule has 1 unspecified atom stereocenters. The second kappa shape index (κ2) is 6.84. The first kappa shape index (κ1) is 15.0. The standard InChI is InChI=1S/C12H15N5O3S/c1-7(10-17-8(6-21-10)11(18)19)16-12(20)15-3-2-9-13-4-5-14-9/h4-7H,2-3H2,1H3,(H,13,14)(H,18,19)(H2,15,16,20). The van der Waals surface area contributed by atoms with E-state index in [4.69, 9.17) is 5.11 Å². The number of rotatable bonds is 6. The molecule has 2 heterocycles. The molecule has 0 saturated carbocycles. The van der Waals surface area contributed by atoms with Gasteiger partial charge in [-0.2, -0.15) is 0 Å². The summed E-state index contributed by atoms with van der Waals surface area (Å²) < 4.78 is 0. The first-order chi connectivity index (χ1) is 10.1. The molecule has 0 aliphatic rings. The minimum Gasteiger partial charge on any atom is -0.476 e. The summed E-state index contributed by atoms with van der Waals surface area (Å²) in [6.07, 6.45) is 3.98. The van der Waals surface area contributed by atoms with Gasteiger partial charge in [-0.05, 0) is 6.92 Å². The highest BCUT2D eigenvalue weighted by Crippen LogP contribution is 2.17. The SMILES string of the molecule is CC(NC(=O)NCCc1ncc[nH]1)c1nc(C(=O)O)cs1. The van der Waals surface area contributed by atoms with Gasteiger partial charge in [0.05, 0.1) is 6.04 Å². The van der Waals surface area contributed by atoms with Crippen LogP contribution in [0.4, 0.5) is 4.79 Å². The molecule has 2 aromatic heterocycles. The lowest BCUT2D eigenvalue weighted by atomic mass is 10.3. The van der Waals surface area contributed by atoms with Crippen molar-refractivity contribution in [2.75, 3.05) is 6.54 Å². The number of nitrogens with one attached hydrogen (secondary N) is 3. The van der Waals surface area contributed by atoms with Gasteiger partial charge in [-0.1, -0.05) is 0 Å². The van der Waals surface area contributed by atoms with Crippen molar-refractivity contribution in [1.82, 2.24) is 25.6 Å². The monoisotopic (exact) mass is 309 g/mol. The van der Waals surface area contributed by atoms with Gasteiger partial charge in [0.15, 0.2) is 5.69 Å². The molecule has 9 heteroatoms. The van der Waals surface area contributed by atoms with Crippen LogP contribution in [0.1, 0.15) is 34.3 Å². The van der Waals surface area contributed by atoms with Crippen LogP contribution in [0.15, 0.2) is 17.8 Å². The van der Waals surface area contributed by atoms with E-state index in [-0.39, 0.29) is 17.8 Å². The molecule has 1 atom stereocenters. The lowest BCUT2D eigenvalue weighted by molar-refractivity contribution is 0.0691. The Morgan fingerprint density at radius 3 is 2.95 bits per heavy atom. The molecule has 21 heavy (non-hydrogen) atoms. The van der Waals surface area contributed by atoms with Crippen molar-refractivity contribution in [3.05, 3.63) is 34.3 Å². The Balaban J connectivity index is 1.77. The van der Waals surface area contributed by atoms with Crippen LogP contribution in [0, 0.1) is 0 Å². The highest BCUT2D eigenvalue weighted by atomic mass is 32.1. The number of aromatic nitrogens is 3. The van der Waals surface area contributed by atoms with E-state index in [0.29, 0.717) is 18.0 Å². The summed E-state index contributed by atoms with van der Waals surface area (Å²) >= 11 is 1.20. The number of hydrogen-bond acceptors (Lipinski definition) is 5. The molecule has 0 bridgehead atoms. The smallest absolute Gasteiger partial charge is 0.355 e. The zero-order valence-electron chi connectivity index (χ0n) is 11.3. The van der Waals surface area contributed by atoms with Gasteiger partial charge in [-0.25, -0.2) is 19.6 Å². The minimum absolute atomic E-state index is 0.0122. The predicted molar refractivity (Wildman–Crippen MR) is 76.3 cm³/mol. The van der Waals surface area contributed by atoms with Crippen molar-refractivity contribution in [2.45, 2.75) is 19.4 Å². The number of imidazole rings is 1. The number of H-pyrrole nitrogens is 1. The number of carboxylic acid groups (broad SMARTS) is 1. The van der Waals surface area contributed by atoms with E-state index in [9.17, 15) is 9.59 Å². The van der Waals surface area contributed by atoms with E-state index in [1.165, 1.54) is 16.7 Å². The third-order valence-electron chi connectivity index (χ3n) is 2.66. The van der Waals surface area contributed by atoms with Crippen molar-refractivity contribution in [3.63, 3.8) is 0 Å². The molecule has 8 nitrogen and oxygen atoms in total. The Kier molecular flexibility index (Phi) is 4.88. The maximum Gasteiger partial charge on any atom is 0.355 e. The van der Waals surface area contributed by atoms with Crippen LogP contribution in [-0.2, 0) is 6.42 Å². The van der Waals surface area contributed by atoms with Crippen LogP contribution in [0.3, 0.4) is 0 Å². The van der Waals surface area contributed by atoms with E-state index in [1.807, 2.05) is 0 Å². The van der Waals surface area contributed by atoms with E-state index >= 15 is 0 Å². The number of carboxylic acids is 1. The molecule has 112 valence electrons. The normalized spacial score (nSPS) is 11.9. The average Bonchev–Trinajstić information content (AvgIpc) is 3.09. The fourth-order valence-corrected chi connectivity index (χ4v) is 2.42. The molecule has 0 aromatic carbocycles. The maximum atomic E-state index is 11.7. The van der Waals surface area contributed by atoms with E-state index < -0.39 is 5.97 Å². The molecule has 0 saturated heterocycles. The zero-order chi connectivity index (χ0) is 15.2. The van der Waals surface area contributed by atoms with E-state index in [2.05, 4.69) is 25.6 Å². The Labute approximate surface area is 124 Å².